The zero-order valence-corrected chi connectivity index (χ0v) is 7.79. The highest BCUT2D eigenvalue weighted by Crippen LogP contribution is 2.36. The highest BCUT2D eigenvalue weighted by Gasteiger charge is 2.37. The number of hydrogen-bond acceptors (Lipinski definition) is 2. The van der Waals surface area contributed by atoms with Crippen LogP contribution in [-0.4, -0.2) is 23.7 Å². The molecule has 0 aromatic heterocycles. The first-order chi connectivity index (χ1) is 5.41. The lowest BCUT2D eigenvalue weighted by Crippen LogP contribution is -2.46. The SMILES string of the molecule is C1CCSCC2(CC1)CCO2. The van der Waals surface area contributed by atoms with Gasteiger partial charge in [0.15, 0.2) is 0 Å². The van der Waals surface area contributed by atoms with Gasteiger partial charge in [0.05, 0.1) is 12.2 Å². The molecule has 0 aromatic carbocycles. The summed E-state index contributed by atoms with van der Waals surface area (Å²) in [5.41, 5.74) is 0.338. The summed E-state index contributed by atoms with van der Waals surface area (Å²) >= 11 is 2.09. The molecule has 1 atom stereocenters. The van der Waals surface area contributed by atoms with Crippen molar-refractivity contribution < 1.29 is 4.74 Å². The van der Waals surface area contributed by atoms with E-state index in [1.165, 1.54) is 43.6 Å². The molecule has 1 unspecified atom stereocenters. The monoisotopic (exact) mass is 172 g/mol. The fourth-order valence-electron chi connectivity index (χ4n) is 1.86. The average Bonchev–Trinajstić information content (AvgIpc) is 1.82. The summed E-state index contributed by atoms with van der Waals surface area (Å²) in [5, 5.41) is 0. The van der Waals surface area contributed by atoms with Gasteiger partial charge in [0, 0.05) is 12.2 Å². The highest BCUT2D eigenvalue weighted by atomic mass is 32.2. The lowest BCUT2D eigenvalue weighted by atomic mass is 9.90. The Morgan fingerprint density at radius 1 is 1.09 bits per heavy atom. The Morgan fingerprint density at radius 2 is 2.00 bits per heavy atom. The molecule has 2 rings (SSSR count). The smallest absolute Gasteiger partial charge is 0.0794 e. The zero-order valence-electron chi connectivity index (χ0n) is 6.97. The van der Waals surface area contributed by atoms with Gasteiger partial charge in [-0.25, -0.2) is 0 Å². The maximum Gasteiger partial charge on any atom is 0.0794 e. The van der Waals surface area contributed by atoms with Crippen LogP contribution in [0.4, 0.5) is 0 Å². The van der Waals surface area contributed by atoms with Crippen molar-refractivity contribution in [2.75, 3.05) is 18.1 Å². The van der Waals surface area contributed by atoms with Crippen LogP contribution >= 0.6 is 11.8 Å². The molecule has 2 aliphatic heterocycles. The van der Waals surface area contributed by atoms with Crippen molar-refractivity contribution in [3.05, 3.63) is 0 Å². The summed E-state index contributed by atoms with van der Waals surface area (Å²) in [4.78, 5) is 0. The molecule has 0 N–H and O–H groups in total. The van der Waals surface area contributed by atoms with Gasteiger partial charge in [0.25, 0.3) is 0 Å². The average molecular weight is 172 g/mol. The topological polar surface area (TPSA) is 9.23 Å². The maximum absolute atomic E-state index is 5.67. The molecule has 2 heteroatoms. The normalized spacial score (nSPS) is 39.3. The largest absolute Gasteiger partial charge is 0.374 e. The van der Waals surface area contributed by atoms with Crippen LogP contribution in [0.3, 0.4) is 0 Å². The van der Waals surface area contributed by atoms with E-state index in [9.17, 15) is 0 Å². The van der Waals surface area contributed by atoms with Crippen molar-refractivity contribution in [2.45, 2.75) is 37.7 Å². The predicted octanol–water partition coefficient (Wildman–Crippen LogP) is 2.45. The van der Waals surface area contributed by atoms with E-state index in [0.717, 1.165) is 6.61 Å². The summed E-state index contributed by atoms with van der Waals surface area (Å²) in [6.07, 6.45) is 6.86. The van der Waals surface area contributed by atoms with Crippen LogP contribution in [0.2, 0.25) is 0 Å². The van der Waals surface area contributed by atoms with E-state index in [2.05, 4.69) is 11.8 Å². The van der Waals surface area contributed by atoms with Crippen molar-refractivity contribution in [3.63, 3.8) is 0 Å². The Balaban J connectivity index is 1.86. The summed E-state index contributed by atoms with van der Waals surface area (Å²) in [6, 6.07) is 0. The number of thioether (sulfide) groups is 1. The van der Waals surface area contributed by atoms with Crippen molar-refractivity contribution in [3.8, 4) is 0 Å². The molecule has 1 spiro atoms. The molecule has 2 aliphatic rings. The van der Waals surface area contributed by atoms with Gasteiger partial charge >= 0.3 is 0 Å². The summed E-state index contributed by atoms with van der Waals surface area (Å²) in [6.45, 7) is 1.01. The fraction of sp³-hybridized carbons (Fsp3) is 1.00. The van der Waals surface area contributed by atoms with E-state index < -0.39 is 0 Å². The highest BCUT2D eigenvalue weighted by molar-refractivity contribution is 7.99. The van der Waals surface area contributed by atoms with Crippen LogP contribution in [0.15, 0.2) is 0 Å². The summed E-state index contributed by atoms with van der Waals surface area (Å²) in [5.74, 6) is 2.61. The number of hydrogen-bond donors (Lipinski definition) is 0. The van der Waals surface area contributed by atoms with Gasteiger partial charge in [-0.15, -0.1) is 0 Å². The van der Waals surface area contributed by atoms with Crippen molar-refractivity contribution >= 4 is 11.8 Å². The molecule has 2 saturated heterocycles. The van der Waals surface area contributed by atoms with Gasteiger partial charge in [-0.05, 0) is 18.6 Å². The van der Waals surface area contributed by atoms with E-state index >= 15 is 0 Å². The minimum atomic E-state index is 0.338. The predicted molar refractivity (Wildman–Crippen MR) is 49.1 cm³/mol. The minimum absolute atomic E-state index is 0.338. The minimum Gasteiger partial charge on any atom is -0.374 e. The second-order valence-electron chi connectivity index (χ2n) is 3.64. The molecule has 0 amide bonds. The van der Waals surface area contributed by atoms with Gasteiger partial charge in [-0.3, -0.25) is 0 Å². The van der Waals surface area contributed by atoms with Gasteiger partial charge in [0.1, 0.15) is 0 Å². The molecule has 2 heterocycles. The molecule has 0 radical (unpaired) electrons. The second kappa shape index (κ2) is 3.36. The molecule has 11 heavy (non-hydrogen) atoms. The first-order valence-corrected chi connectivity index (χ1v) is 5.79. The molecular formula is C9H16OS. The zero-order chi connectivity index (χ0) is 7.57. The van der Waals surface area contributed by atoms with E-state index in [0.29, 0.717) is 5.60 Å². The Bertz CT molecular complexity index is 122. The number of ether oxygens (including phenoxy) is 1. The molecular weight excluding hydrogens is 156 g/mol. The standard InChI is InChI=1S/C9H16OS/c1-2-4-9(5-6-10-9)8-11-7-3-1/h1-8H2. The van der Waals surface area contributed by atoms with Crippen LogP contribution in [0.5, 0.6) is 0 Å². The van der Waals surface area contributed by atoms with Crippen molar-refractivity contribution in [1.82, 2.24) is 0 Å². The van der Waals surface area contributed by atoms with E-state index in [1.54, 1.807) is 0 Å². The maximum atomic E-state index is 5.67. The lowest BCUT2D eigenvalue weighted by molar-refractivity contribution is -0.135. The van der Waals surface area contributed by atoms with Crippen LogP contribution in [0.1, 0.15) is 32.1 Å². The van der Waals surface area contributed by atoms with Crippen molar-refractivity contribution in [1.29, 1.82) is 0 Å². The third kappa shape index (κ3) is 1.73. The van der Waals surface area contributed by atoms with E-state index in [1.807, 2.05) is 0 Å². The van der Waals surface area contributed by atoms with Crippen molar-refractivity contribution in [2.24, 2.45) is 0 Å². The summed E-state index contributed by atoms with van der Waals surface area (Å²) < 4.78 is 5.67. The first kappa shape index (κ1) is 7.93. The van der Waals surface area contributed by atoms with Gasteiger partial charge in [-0.2, -0.15) is 11.8 Å². The third-order valence-corrected chi connectivity index (χ3v) is 4.06. The molecule has 0 bridgehead atoms. The molecule has 0 saturated carbocycles. The summed E-state index contributed by atoms with van der Waals surface area (Å²) in [7, 11) is 0. The van der Waals surface area contributed by atoms with Crippen LogP contribution < -0.4 is 0 Å². The fourth-order valence-corrected chi connectivity index (χ4v) is 3.16. The molecule has 64 valence electrons. The second-order valence-corrected chi connectivity index (χ2v) is 4.75. The quantitative estimate of drug-likeness (QED) is 0.555. The lowest BCUT2D eigenvalue weighted by Gasteiger charge is -2.42. The molecule has 1 nitrogen and oxygen atoms in total. The first-order valence-electron chi connectivity index (χ1n) is 4.63. The van der Waals surface area contributed by atoms with Crippen LogP contribution in [0, 0.1) is 0 Å². The van der Waals surface area contributed by atoms with Gasteiger partial charge < -0.3 is 4.74 Å². The molecule has 2 fully saturated rings. The van der Waals surface area contributed by atoms with E-state index in [-0.39, 0.29) is 0 Å². The molecule has 0 aliphatic carbocycles. The van der Waals surface area contributed by atoms with E-state index in [4.69, 9.17) is 4.74 Å². The Labute approximate surface area is 72.9 Å². The van der Waals surface area contributed by atoms with Gasteiger partial charge in [0.2, 0.25) is 0 Å². The van der Waals surface area contributed by atoms with Crippen LogP contribution in [-0.2, 0) is 4.74 Å². The van der Waals surface area contributed by atoms with Gasteiger partial charge in [-0.1, -0.05) is 12.8 Å². The Hall–Kier alpha value is 0.310. The Kier molecular flexibility index (Phi) is 2.42. The number of rotatable bonds is 0. The van der Waals surface area contributed by atoms with Crippen LogP contribution in [0.25, 0.3) is 0 Å². The Morgan fingerprint density at radius 3 is 2.73 bits per heavy atom. The molecule has 0 aromatic rings. The third-order valence-electron chi connectivity index (χ3n) is 2.75.